The molecule has 0 radical (unpaired) electrons. The number of carbonyl (C=O) groups excluding carboxylic acids is 2. The van der Waals surface area contributed by atoms with Crippen molar-refractivity contribution < 1.29 is 9.59 Å². The van der Waals surface area contributed by atoms with E-state index in [9.17, 15) is 9.59 Å². The van der Waals surface area contributed by atoms with Gasteiger partial charge in [-0.3, -0.25) is 9.59 Å². The second kappa shape index (κ2) is 11.0. The highest BCUT2D eigenvalue weighted by Gasteiger charge is 2.22. The van der Waals surface area contributed by atoms with Crippen LogP contribution in [0, 0.1) is 0 Å². The van der Waals surface area contributed by atoms with Crippen molar-refractivity contribution in [1.29, 1.82) is 0 Å². The molecule has 0 aliphatic rings. The summed E-state index contributed by atoms with van der Waals surface area (Å²) < 4.78 is 2.91. The molecule has 0 aliphatic heterocycles. The Balaban J connectivity index is 1.41. The first-order chi connectivity index (χ1) is 16.4. The monoisotopic (exact) mass is 514 g/mol. The molecule has 2 heterocycles. The number of benzene rings is 2. The molecule has 0 saturated carbocycles. The molecule has 2 aromatic carbocycles. The second-order valence-electron chi connectivity index (χ2n) is 7.52. The van der Waals surface area contributed by atoms with Gasteiger partial charge in [0.1, 0.15) is 5.82 Å². The smallest absolute Gasteiger partial charge is 0.239 e. The van der Waals surface area contributed by atoms with Crippen LogP contribution in [0.4, 0.5) is 10.8 Å². The van der Waals surface area contributed by atoms with E-state index >= 15 is 0 Å². The Morgan fingerprint density at radius 2 is 1.88 bits per heavy atom. The first kappa shape index (κ1) is 24.2. The van der Waals surface area contributed by atoms with Crippen molar-refractivity contribution in [2.24, 2.45) is 0 Å². The zero-order chi connectivity index (χ0) is 24.1. The van der Waals surface area contributed by atoms with Gasteiger partial charge in [-0.05, 0) is 49.7 Å². The van der Waals surface area contributed by atoms with Crippen molar-refractivity contribution >= 4 is 67.5 Å². The summed E-state index contributed by atoms with van der Waals surface area (Å²) in [7, 11) is 0. The average molecular weight is 515 g/mol. The fourth-order valence-corrected chi connectivity index (χ4v) is 5.10. The Labute approximate surface area is 210 Å². The van der Waals surface area contributed by atoms with E-state index in [0.29, 0.717) is 33.4 Å². The number of thiazole rings is 1. The quantitative estimate of drug-likeness (QED) is 0.296. The molecule has 2 aromatic heterocycles. The number of amides is 2. The molecule has 0 aliphatic carbocycles. The Hall–Kier alpha value is -2.95. The predicted octanol–water partition coefficient (Wildman–Crippen LogP) is 5.25. The molecule has 34 heavy (non-hydrogen) atoms. The summed E-state index contributed by atoms with van der Waals surface area (Å²) in [5.74, 6) is 0.178. The topological polar surface area (TPSA) is 102 Å². The summed E-state index contributed by atoms with van der Waals surface area (Å²) >= 11 is 8.64. The molecule has 1 unspecified atom stereocenters. The van der Waals surface area contributed by atoms with Gasteiger partial charge in [0.2, 0.25) is 11.8 Å². The van der Waals surface area contributed by atoms with Gasteiger partial charge in [0.15, 0.2) is 10.3 Å². The molecule has 176 valence electrons. The normalized spacial score (nSPS) is 12.0. The lowest BCUT2D eigenvalue weighted by Crippen LogP contribution is -2.23. The number of nitrogens with one attached hydrogen (secondary N) is 2. The molecule has 0 saturated heterocycles. The van der Waals surface area contributed by atoms with E-state index in [2.05, 4.69) is 25.8 Å². The minimum Gasteiger partial charge on any atom is -0.326 e. The maximum absolute atomic E-state index is 12.8. The SMILES string of the molecule is CCCn1c(CC(=O)Nc2ccc(Cl)cc2)nnc1SC(C)C(=O)Nc1nc2ccccc2s1. The first-order valence-corrected chi connectivity index (χ1v) is 12.8. The zero-order valence-electron chi connectivity index (χ0n) is 18.6. The number of halogens is 1. The molecule has 1 atom stereocenters. The minimum atomic E-state index is -0.428. The average Bonchev–Trinajstić information content (AvgIpc) is 3.39. The predicted molar refractivity (Wildman–Crippen MR) is 138 cm³/mol. The molecular formula is C23H23ClN6O2S2. The number of fused-ring (bicyclic) bond motifs is 1. The highest BCUT2D eigenvalue weighted by molar-refractivity contribution is 8.00. The first-order valence-electron chi connectivity index (χ1n) is 10.7. The Kier molecular flexibility index (Phi) is 7.81. The standard InChI is InChI=1S/C23H23ClN6O2S2/c1-3-12-30-19(13-20(31)25-16-10-8-15(24)9-11-16)28-29-23(30)33-14(2)21(32)27-22-26-17-6-4-5-7-18(17)34-22/h4-11,14H,3,12-13H2,1-2H3,(H,25,31)(H,26,27,32). The molecule has 11 heteroatoms. The molecule has 0 spiro atoms. The molecule has 8 nitrogen and oxygen atoms in total. The highest BCUT2D eigenvalue weighted by Crippen LogP contribution is 2.28. The van der Waals surface area contributed by atoms with Gasteiger partial charge in [-0.1, -0.05) is 53.8 Å². The number of para-hydroxylation sites is 1. The molecular weight excluding hydrogens is 492 g/mol. The van der Waals surface area contributed by atoms with Crippen molar-refractivity contribution in [3.05, 3.63) is 59.4 Å². The van der Waals surface area contributed by atoms with E-state index < -0.39 is 5.25 Å². The van der Waals surface area contributed by atoms with Gasteiger partial charge in [-0.25, -0.2) is 4.98 Å². The summed E-state index contributed by atoms with van der Waals surface area (Å²) in [4.78, 5) is 29.8. The summed E-state index contributed by atoms with van der Waals surface area (Å²) in [5.41, 5.74) is 1.51. The van der Waals surface area contributed by atoms with Crippen molar-refractivity contribution in [3.63, 3.8) is 0 Å². The van der Waals surface area contributed by atoms with Crippen LogP contribution in [0.5, 0.6) is 0 Å². The van der Waals surface area contributed by atoms with Gasteiger partial charge >= 0.3 is 0 Å². The van der Waals surface area contributed by atoms with Gasteiger partial charge in [-0.2, -0.15) is 0 Å². The van der Waals surface area contributed by atoms with Crippen molar-refractivity contribution in [2.75, 3.05) is 10.6 Å². The fourth-order valence-electron chi connectivity index (χ4n) is 3.21. The number of nitrogens with zero attached hydrogens (tertiary/aromatic N) is 4. The summed E-state index contributed by atoms with van der Waals surface area (Å²) in [6, 6.07) is 14.7. The number of anilines is 2. The Morgan fingerprint density at radius 1 is 1.12 bits per heavy atom. The van der Waals surface area contributed by atoms with E-state index in [-0.39, 0.29) is 18.2 Å². The van der Waals surface area contributed by atoms with E-state index in [0.717, 1.165) is 16.6 Å². The van der Waals surface area contributed by atoms with Crippen LogP contribution < -0.4 is 10.6 Å². The molecule has 4 rings (SSSR count). The van der Waals surface area contributed by atoms with E-state index in [1.54, 1.807) is 24.3 Å². The van der Waals surface area contributed by atoms with Gasteiger partial charge in [0.05, 0.1) is 21.9 Å². The lowest BCUT2D eigenvalue weighted by Gasteiger charge is -2.12. The minimum absolute atomic E-state index is 0.0719. The van der Waals surface area contributed by atoms with Gasteiger partial charge in [-0.15, -0.1) is 10.2 Å². The number of hydrogen-bond donors (Lipinski definition) is 2. The van der Waals surface area contributed by atoms with E-state index in [4.69, 9.17) is 11.6 Å². The van der Waals surface area contributed by atoms with E-state index in [1.165, 1.54) is 23.1 Å². The molecule has 2 amide bonds. The van der Waals surface area contributed by atoms with Crippen LogP contribution in [-0.4, -0.2) is 36.8 Å². The molecule has 4 aromatic rings. The fraction of sp³-hybridized carbons (Fsp3) is 0.261. The number of hydrogen-bond acceptors (Lipinski definition) is 7. The van der Waals surface area contributed by atoms with Crippen molar-refractivity contribution in [3.8, 4) is 0 Å². The number of carbonyl (C=O) groups is 2. The molecule has 0 fully saturated rings. The Bertz CT molecular complexity index is 1270. The maximum Gasteiger partial charge on any atom is 0.239 e. The van der Waals surface area contributed by atoms with Crippen LogP contribution in [0.15, 0.2) is 53.7 Å². The van der Waals surface area contributed by atoms with Gasteiger partial charge < -0.3 is 15.2 Å². The summed E-state index contributed by atoms with van der Waals surface area (Å²) in [6.07, 6.45) is 0.909. The van der Waals surface area contributed by atoms with Crippen LogP contribution >= 0.6 is 34.7 Å². The number of thioether (sulfide) groups is 1. The zero-order valence-corrected chi connectivity index (χ0v) is 21.0. The third-order valence-electron chi connectivity index (χ3n) is 4.86. The Morgan fingerprint density at radius 3 is 2.62 bits per heavy atom. The lowest BCUT2D eigenvalue weighted by atomic mass is 10.3. The highest BCUT2D eigenvalue weighted by atomic mass is 35.5. The van der Waals surface area contributed by atoms with Gasteiger partial charge in [0.25, 0.3) is 0 Å². The van der Waals surface area contributed by atoms with Crippen molar-refractivity contribution in [1.82, 2.24) is 19.7 Å². The number of rotatable bonds is 9. The van der Waals surface area contributed by atoms with Gasteiger partial charge in [0, 0.05) is 17.3 Å². The van der Waals surface area contributed by atoms with Crippen LogP contribution in [0.25, 0.3) is 10.2 Å². The van der Waals surface area contributed by atoms with Crippen molar-refractivity contribution in [2.45, 2.75) is 43.6 Å². The molecule has 2 N–H and O–H groups in total. The van der Waals surface area contributed by atoms with Crippen LogP contribution in [0.1, 0.15) is 26.1 Å². The lowest BCUT2D eigenvalue weighted by molar-refractivity contribution is -0.116. The van der Waals surface area contributed by atoms with Crippen LogP contribution in [-0.2, 0) is 22.6 Å². The summed E-state index contributed by atoms with van der Waals surface area (Å²) in [5, 5.41) is 15.5. The van der Waals surface area contributed by atoms with E-state index in [1.807, 2.05) is 42.7 Å². The maximum atomic E-state index is 12.8. The van der Waals surface area contributed by atoms with Crippen LogP contribution in [0.3, 0.4) is 0 Å². The second-order valence-corrected chi connectivity index (χ2v) is 10.3. The molecule has 0 bridgehead atoms. The largest absolute Gasteiger partial charge is 0.326 e. The van der Waals surface area contributed by atoms with Crippen LogP contribution in [0.2, 0.25) is 5.02 Å². The third-order valence-corrected chi connectivity index (χ3v) is 7.15. The third kappa shape index (κ3) is 5.94. The number of aromatic nitrogens is 4. The summed E-state index contributed by atoms with van der Waals surface area (Å²) in [6.45, 7) is 4.49.